The van der Waals surface area contributed by atoms with Gasteiger partial charge in [0.05, 0.1) is 34.8 Å². The fourth-order valence-corrected chi connectivity index (χ4v) is 3.07. The van der Waals surface area contributed by atoms with E-state index in [1.165, 1.54) is 16.8 Å². The van der Waals surface area contributed by atoms with E-state index in [4.69, 9.17) is 9.84 Å². The third-order valence-electron chi connectivity index (χ3n) is 4.40. The molecule has 0 fully saturated rings. The van der Waals surface area contributed by atoms with Gasteiger partial charge in [-0.15, -0.1) is 0 Å². The molecule has 0 unspecified atom stereocenters. The number of aromatic nitrogens is 3. The summed E-state index contributed by atoms with van der Waals surface area (Å²) in [6, 6.07) is 9.81. The number of carbonyl (C=O) groups is 1. The fraction of sp³-hybridized carbons (Fsp3) is 0.105. The highest BCUT2D eigenvalue weighted by atomic mass is 16.5. The van der Waals surface area contributed by atoms with Crippen LogP contribution in [0.5, 0.6) is 5.75 Å². The minimum Gasteiger partial charge on any atom is -0.497 e. The normalized spacial score (nSPS) is 11.2. The second-order valence-corrected chi connectivity index (χ2v) is 5.99. The van der Waals surface area contributed by atoms with Gasteiger partial charge < -0.3 is 9.84 Å². The van der Waals surface area contributed by atoms with Gasteiger partial charge in [0.2, 0.25) is 0 Å². The van der Waals surface area contributed by atoms with Crippen molar-refractivity contribution in [2.75, 3.05) is 7.11 Å². The Morgan fingerprint density at radius 2 is 1.92 bits per heavy atom. The lowest BCUT2D eigenvalue weighted by Crippen LogP contribution is -2.14. The van der Waals surface area contributed by atoms with Gasteiger partial charge >= 0.3 is 5.97 Å². The van der Waals surface area contributed by atoms with Crippen LogP contribution in [0.1, 0.15) is 15.9 Å². The zero-order chi connectivity index (χ0) is 18.4. The minimum absolute atomic E-state index is 0.158. The number of hydrogen-bond donors (Lipinski definition) is 2. The number of benzene rings is 2. The SMILES string of the molecule is COc1cc(C)c2ncc3c(=O)n(-c4ccc(C(=O)O)cc4)[nH]c3c2c1. The molecule has 0 saturated carbocycles. The Hall–Kier alpha value is -3.61. The number of nitrogens with one attached hydrogen (secondary N) is 1. The van der Waals surface area contributed by atoms with Crippen LogP contribution in [0, 0.1) is 6.92 Å². The summed E-state index contributed by atoms with van der Waals surface area (Å²) in [5.41, 5.74) is 2.84. The number of fused-ring (bicyclic) bond motifs is 3. The Bertz CT molecular complexity index is 1220. The molecule has 0 bridgehead atoms. The molecule has 0 spiro atoms. The van der Waals surface area contributed by atoms with Crippen LogP contribution in [0.4, 0.5) is 0 Å². The molecule has 26 heavy (non-hydrogen) atoms. The van der Waals surface area contributed by atoms with E-state index in [2.05, 4.69) is 10.1 Å². The number of H-pyrrole nitrogens is 1. The summed E-state index contributed by atoms with van der Waals surface area (Å²) in [7, 11) is 1.59. The fourth-order valence-electron chi connectivity index (χ4n) is 3.07. The molecule has 2 heterocycles. The van der Waals surface area contributed by atoms with Gasteiger partial charge in [0, 0.05) is 11.6 Å². The number of carboxylic acids is 1. The lowest BCUT2D eigenvalue weighted by molar-refractivity contribution is 0.0697. The molecule has 7 heteroatoms. The van der Waals surface area contributed by atoms with Gasteiger partial charge in [-0.2, -0.15) is 0 Å². The number of pyridine rings is 1. The quantitative estimate of drug-likeness (QED) is 0.593. The Balaban J connectivity index is 1.99. The number of carboxylic acid groups (broad SMARTS) is 1. The maximum atomic E-state index is 12.8. The van der Waals surface area contributed by atoms with Crippen molar-refractivity contribution in [2.24, 2.45) is 0 Å². The molecular weight excluding hydrogens is 334 g/mol. The summed E-state index contributed by atoms with van der Waals surface area (Å²) < 4.78 is 6.71. The average molecular weight is 349 g/mol. The molecule has 2 aromatic carbocycles. The zero-order valence-corrected chi connectivity index (χ0v) is 14.1. The maximum absolute atomic E-state index is 12.8. The van der Waals surface area contributed by atoms with Crippen LogP contribution in [-0.2, 0) is 0 Å². The Labute approximate surface area is 147 Å². The molecule has 0 amide bonds. The van der Waals surface area contributed by atoms with Crippen molar-refractivity contribution in [1.29, 1.82) is 0 Å². The Kier molecular flexibility index (Phi) is 3.50. The zero-order valence-electron chi connectivity index (χ0n) is 14.1. The van der Waals surface area contributed by atoms with Gasteiger partial charge in [-0.1, -0.05) is 0 Å². The lowest BCUT2D eigenvalue weighted by atomic mass is 10.1. The highest BCUT2D eigenvalue weighted by Crippen LogP contribution is 2.28. The summed E-state index contributed by atoms with van der Waals surface area (Å²) in [6.07, 6.45) is 1.55. The Morgan fingerprint density at radius 3 is 2.58 bits per heavy atom. The second-order valence-electron chi connectivity index (χ2n) is 5.99. The molecule has 2 N–H and O–H groups in total. The third-order valence-corrected chi connectivity index (χ3v) is 4.40. The summed E-state index contributed by atoms with van der Waals surface area (Å²) in [5.74, 6) is -0.331. The van der Waals surface area contributed by atoms with Gasteiger partial charge in [-0.25, -0.2) is 9.48 Å². The number of hydrogen-bond acceptors (Lipinski definition) is 4. The highest BCUT2D eigenvalue weighted by molar-refractivity contribution is 6.04. The van der Waals surface area contributed by atoms with E-state index in [1.807, 2.05) is 19.1 Å². The van der Waals surface area contributed by atoms with Crippen LogP contribution in [-0.4, -0.2) is 33.0 Å². The molecule has 0 aliphatic heterocycles. The van der Waals surface area contributed by atoms with E-state index in [0.717, 1.165) is 16.5 Å². The average Bonchev–Trinajstić information content (AvgIpc) is 2.99. The van der Waals surface area contributed by atoms with E-state index in [-0.39, 0.29) is 11.1 Å². The molecule has 0 aliphatic carbocycles. The van der Waals surface area contributed by atoms with Crippen molar-refractivity contribution in [3.8, 4) is 11.4 Å². The predicted octanol–water partition coefficient (Wildman–Crippen LogP) is 2.88. The number of methoxy groups -OCH3 is 1. The van der Waals surface area contributed by atoms with Crippen molar-refractivity contribution in [1.82, 2.24) is 14.8 Å². The lowest BCUT2D eigenvalue weighted by Gasteiger charge is -2.06. The van der Waals surface area contributed by atoms with Crippen molar-refractivity contribution in [3.63, 3.8) is 0 Å². The summed E-state index contributed by atoms with van der Waals surface area (Å²) in [5, 5.41) is 13.4. The van der Waals surface area contributed by atoms with Crippen molar-refractivity contribution >= 4 is 27.8 Å². The monoisotopic (exact) mass is 349 g/mol. The van der Waals surface area contributed by atoms with Gasteiger partial charge in [0.1, 0.15) is 5.75 Å². The van der Waals surface area contributed by atoms with Gasteiger partial charge in [0.15, 0.2) is 0 Å². The summed E-state index contributed by atoms with van der Waals surface area (Å²) in [4.78, 5) is 28.2. The number of aryl methyl sites for hydroxylation is 1. The molecule has 130 valence electrons. The van der Waals surface area contributed by atoms with Gasteiger partial charge in [-0.3, -0.25) is 14.9 Å². The molecule has 0 atom stereocenters. The summed E-state index contributed by atoms with van der Waals surface area (Å²) >= 11 is 0. The molecule has 7 nitrogen and oxygen atoms in total. The van der Waals surface area contributed by atoms with Gasteiger partial charge in [0.25, 0.3) is 5.56 Å². The molecular formula is C19H15N3O4. The number of aromatic carboxylic acids is 1. The summed E-state index contributed by atoms with van der Waals surface area (Å²) in [6.45, 7) is 1.93. The topological polar surface area (TPSA) is 97.2 Å². The minimum atomic E-state index is -1.02. The highest BCUT2D eigenvalue weighted by Gasteiger charge is 2.14. The van der Waals surface area contributed by atoms with Crippen LogP contribution in [0.3, 0.4) is 0 Å². The van der Waals surface area contributed by atoms with Gasteiger partial charge in [-0.05, 0) is 48.9 Å². The first-order valence-electron chi connectivity index (χ1n) is 7.91. The van der Waals surface area contributed by atoms with E-state index >= 15 is 0 Å². The van der Waals surface area contributed by atoms with Crippen LogP contribution < -0.4 is 10.3 Å². The third kappa shape index (κ3) is 2.33. The largest absolute Gasteiger partial charge is 0.497 e. The smallest absolute Gasteiger partial charge is 0.335 e. The van der Waals surface area contributed by atoms with Crippen LogP contribution >= 0.6 is 0 Å². The number of nitrogens with zero attached hydrogens (tertiary/aromatic N) is 2. The molecule has 0 saturated heterocycles. The molecule has 4 rings (SSSR count). The van der Waals surface area contributed by atoms with E-state index in [0.29, 0.717) is 22.3 Å². The number of ether oxygens (including phenoxy) is 1. The van der Waals surface area contributed by atoms with E-state index < -0.39 is 5.97 Å². The van der Waals surface area contributed by atoms with Crippen molar-refractivity contribution in [2.45, 2.75) is 6.92 Å². The van der Waals surface area contributed by atoms with Crippen LogP contribution in [0.2, 0.25) is 0 Å². The molecule has 2 aromatic heterocycles. The van der Waals surface area contributed by atoms with Crippen molar-refractivity contribution < 1.29 is 14.6 Å². The molecule has 0 aliphatic rings. The molecule has 0 radical (unpaired) electrons. The van der Waals surface area contributed by atoms with E-state index in [1.54, 1.807) is 25.4 Å². The first-order valence-corrected chi connectivity index (χ1v) is 7.91. The number of aromatic amines is 1. The number of rotatable bonds is 3. The van der Waals surface area contributed by atoms with E-state index in [9.17, 15) is 9.59 Å². The van der Waals surface area contributed by atoms with Crippen LogP contribution in [0.25, 0.3) is 27.5 Å². The maximum Gasteiger partial charge on any atom is 0.335 e. The molecule has 4 aromatic rings. The van der Waals surface area contributed by atoms with Crippen molar-refractivity contribution in [3.05, 3.63) is 64.1 Å². The first kappa shape index (κ1) is 15.9. The second kappa shape index (κ2) is 5.73. The standard InChI is InChI=1S/C19H15N3O4/c1-10-7-13(26-2)8-14-16(10)20-9-15-17(14)21-22(18(15)23)12-5-3-11(4-6-12)19(24)25/h3-9,21H,1-2H3,(H,24,25). The first-order chi connectivity index (χ1) is 12.5. The predicted molar refractivity (Wildman–Crippen MR) is 97.4 cm³/mol. The Morgan fingerprint density at radius 1 is 1.19 bits per heavy atom. The van der Waals surface area contributed by atoms with Crippen LogP contribution in [0.15, 0.2) is 47.4 Å².